The van der Waals surface area contributed by atoms with Crippen molar-refractivity contribution in [2.45, 2.75) is 45.8 Å². The van der Waals surface area contributed by atoms with Gasteiger partial charge in [0.25, 0.3) is 0 Å². The molecule has 2 amide bonds. The molecule has 1 N–H and O–H groups in total. The molecule has 0 saturated carbocycles. The van der Waals surface area contributed by atoms with E-state index in [1.54, 1.807) is 18.7 Å². The Hall–Kier alpha value is -1.36. The lowest BCUT2D eigenvalue weighted by atomic mass is 9.91. The first-order valence-corrected chi connectivity index (χ1v) is 7.89. The molecule has 2 rings (SSSR count). The van der Waals surface area contributed by atoms with E-state index in [1.165, 1.54) is 0 Å². The summed E-state index contributed by atoms with van der Waals surface area (Å²) < 4.78 is 0.995. The van der Waals surface area contributed by atoms with Crippen LogP contribution in [0.25, 0.3) is 0 Å². The number of benzene rings is 1. The third kappa shape index (κ3) is 3.28. The Balaban J connectivity index is 2.32. The number of piperazine rings is 1. The van der Waals surface area contributed by atoms with Gasteiger partial charge in [0.2, 0.25) is 11.8 Å². The van der Waals surface area contributed by atoms with Crippen molar-refractivity contribution in [2.75, 3.05) is 0 Å². The molecule has 0 aliphatic carbocycles. The first-order chi connectivity index (χ1) is 9.72. The number of nitrogens with zero attached hydrogens (tertiary/aromatic N) is 1. The zero-order valence-corrected chi connectivity index (χ0v) is 14.4. The smallest absolute Gasteiger partial charge is 0.248 e. The number of hydrogen-bond acceptors (Lipinski definition) is 2. The Morgan fingerprint density at radius 3 is 2.33 bits per heavy atom. The third-order valence-corrected chi connectivity index (χ3v) is 4.26. The number of halogens is 1. The van der Waals surface area contributed by atoms with E-state index in [0.29, 0.717) is 6.54 Å². The minimum absolute atomic E-state index is 0.0382. The lowest BCUT2D eigenvalue weighted by Crippen LogP contribution is -2.68. The number of amides is 2. The van der Waals surface area contributed by atoms with Gasteiger partial charge in [-0.15, -0.1) is 0 Å². The average Bonchev–Trinajstić information content (AvgIpc) is 2.37. The summed E-state index contributed by atoms with van der Waals surface area (Å²) in [6.45, 7) is 7.87. The average molecular weight is 353 g/mol. The molecule has 0 bridgehead atoms. The van der Waals surface area contributed by atoms with Crippen LogP contribution in [-0.4, -0.2) is 28.3 Å². The van der Waals surface area contributed by atoms with Crippen LogP contribution in [0.5, 0.6) is 0 Å². The van der Waals surface area contributed by atoms with Crippen molar-refractivity contribution in [3.8, 4) is 0 Å². The van der Waals surface area contributed by atoms with Crippen molar-refractivity contribution in [3.05, 3.63) is 34.3 Å². The van der Waals surface area contributed by atoms with Crippen LogP contribution in [0.3, 0.4) is 0 Å². The van der Waals surface area contributed by atoms with E-state index in [9.17, 15) is 9.59 Å². The summed E-state index contributed by atoms with van der Waals surface area (Å²) in [5, 5.41) is 2.82. The molecule has 1 aromatic rings. The van der Waals surface area contributed by atoms with Crippen molar-refractivity contribution < 1.29 is 9.59 Å². The number of carbonyl (C=O) groups excluding carboxylic acids is 2. The van der Waals surface area contributed by atoms with Crippen molar-refractivity contribution in [3.63, 3.8) is 0 Å². The molecule has 0 radical (unpaired) electrons. The van der Waals surface area contributed by atoms with Gasteiger partial charge in [0.1, 0.15) is 11.6 Å². The van der Waals surface area contributed by atoms with Gasteiger partial charge in [-0.3, -0.25) is 9.59 Å². The fourth-order valence-electron chi connectivity index (χ4n) is 2.68. The zero-order chi connectivity index (χ0) is 15.8. The van der Waals surface area contributed by atoms with Gasteiger partial charge >= 0.3 is 0 Å². The van der Waals surface area contributed by atoms with Gasteiger partial charge in [-0.1, -0.05) is 41.9 Å². The van der Waals surface area contributed by atoms with Crippen LogP contribution in [0.2, 0.25) is 0 Å². The minimum Gasteiger partial charge on any atom is -0.340 e. The predicted octanol–water partition coefficient (Wildman–Crippen LogP) is 2.71. The molecule has 0 spiro atoms. The predicted molar refractivity (Wildman–Crippen MR) is 85.5 cm³/mol. The Morgan fingerprint density at radius 1 is 1.24 bits per heavy atom. The second-order valence-electron chi connectivity index (χ2n) is 6.36. The maximum absolute atomic E-state index is 12.7. The summed E-state index contributed by atoms with van der Waals surface area (Å²) in [6, 6.07) is 7.40. The van der Waals surface area contributed by atoms with Gasteiger partial charge in [-0.25, -0.2) is 0 Å². The Kier molecular flexibility index (Phi) is 4.42. The first-order valence-electron chi connectivity index (χ1n) is 7.10. The summed E-state index contributed by atoms with van der Waals surface area (Å²) >= 11 is 3.40. The van der Waals surface area contributed by atoms with Gasteiger partial charge in [-0.05, 0) is 37.5 Å². The zero-order valence-electron chi connectivity index (χ0n) is 12.8. The van der Waals surface area contributed by atoms with Crippen molar-refractivity contribution >= 4 is 27.7 Å². The molecular weight excluding hydrogens is 332 g/mol. The van der Waals surface area contributed by atoms with Crippen LogP contribution in [0, 0.1) is 5.92 Å². The summed E-state index contributed by atoms with van der Waals surface area (Å²) in [5.74, 6) is -0.0454. The minimum atomic E-state index is -0.849. The molecule has 1 aliphatic heterocycles. The molecule has 1 heterocycles. The van der Waals surface area contributed by atoms with Gasteiger partial charge in [-0.2, -0.15) is 0 Å². The lowest BCUT2D eigenvalue weighted by Gasteiger charge is -2.44. The summed E-state index contributed by atoms with van der Waals surface area (Å²) in [4.78, 5) is 26.7. The highest BCUT2D eigenvalue weighted by molar-refractivity contribution is 9.10. The molecule has 1 atom stereocenters. The second kappa shape index (κ2) is 5.79. The highest BCUT2D eigenvalue weighted by atomic mass is 79.9. The van der Waals surface area contributed by atoms with Crippen molar-refractivity contribution in [2.24, 2.45) is 5.92 Å². The largest absolute Gasteiger partial charge is 0.340 e. The Labute approximate surface area is 134 Å². The van der Waals surface area contributed by atoms with Gasteiger partial charge in [0, 0.05) is 11.0 Å². The summed E-state index contributed by atoms with van der Waals surface area (Å²) in [5.41, 5.74) is 0.167. The van der Waals surface area contributed by atoms with Gasteiger partial charge in [0.15, 0.2) is 0 Å². The highest BCUT2D eigenvalue weighted by Crippen LogP contribution is 2.25. The van der Waals surface area contributed by atoms with Crippen LogP contribution in [0.1, 0.15) is 33.3 Å². The van der Waals surface area contributed by atoms with Crippen LogP contribution in [-0.2, 0) is 16.1 Å². The van der Waals surface area contributed by atoms with Crippen LogP contribution >= 0.6 is 15.9 Å². The first kappa shape index (κ1) is 16.0. The topological polar surface area (TPSA) is 49.4 Å². The molecule has 1 fully saturated rings. The molecule has 1 aromatic carbocycles. The highest BCUT2D eigenvalue weighted by Gasteiger charge is 2.46. The van der Waals surface area contributed by atoms with Crippen LogP contribution in [0.15, 0.2) is 28.7 Å². The molecule has 4 nitrogen and oxygen atoms in total. The molecule has 5 heteroatoms. The van der Waals surface area contributed by atoms with Crippen molar-refractivity contribution in [1.82, 2.24) is 10.2 Å². The summed E-state index contributed by atoms with van der Waals surface area (Å²) in [6.07, 6.45) is 0. The molecule has 1 aliphatic rings. The van der Waals surface area contributed by atoms with E-state index >= 15 is 0 Å². The van der Waals surface area contributed by atoms with Crippen LogP contribution < -0.4 is 5.32 Å². The van der Waals surface area contributed by atoms with E-state index in [4.69, 9.17) is 0 Å². The number of carbonyl (C=O) groups is 2. The van der Waals surface area contributed by atoms with E-state index in [-0.39, 0.29) is 17.7 Å². The second-order valence-corrected chi connectivity index (χ2v) is 7.28. The number of rotatable bonds is 3. The Morgan fingerprint density at radius 2 is 1.81 bits per heavy atom. The van der Waals surface area contributed by atoms with E-state index in [2.05, 4.69) is 21.2 Å². The van der Waals surface area contributed by atoms with Gasteiger partial charge in [0.05, 0.1) is 0 Å². The fourth-order valence-corrected chi connectivity index (χ4v) is 2.95. The van der Waals surface area contributed by atoms with E-state index in [0.717, 1.165) is 10.0 Å². The standard InChI is InChI=1S/C16H21BrN2O2/c1-10(2)13-14(20)18-16(3,4)15(21)19(13)9-11-5-7-12(17)8-6-11/h5-8,10,13H,9H2,1-4H3,(H,18,20). The SMILES string of the molecule is CC(C)C1C(=O)NC(C)(C)C(=O)N1Cc1ccc(Br)cc1. The Bertz CT molecular complexity index is 552. The maximum atomic E-state index is 12.7. The van der Waals surface area contributed by atoms with Crippen LogP contribution in [0.4, 0.5) is 0 Å². The molecular formula is C16H21BrN2O2. The van der Waals surface area contributed by atoms with E-state index < -0.39 is 11.6 Å². The molecule has 1 saturated heterocycles. The van der Waals surface area contributed by atoms with Gasteiger partial charge < -0.3 is 10.2 Å². The van der Waals surface area contributed by atoms with Crippen molar-refractivity contribution in [1.29, 1.82) is 0 Å². The molecule has 21 heavy (non-hydrogen) atoms. The third-order valence-electron chi connectivity index (χ3n) is 3.73. The quantitative estimate of drug-likeness (QED) is 0.908. The fraction of sp³-hybridized carbons (Fsp3) is 0.500. The number of hydrogen-bond donors (Lipinski definition) is 1. The molecule has 0 aromatic heterocycles. The van der Waals surface area contributed by atoms with E-state index in [1.807, 2.05) is 38.1 Å². The monoisotopic (exact) mass is 352 g/mol. The molecule has 1 unspecified atom stereocenters. The lowest BCUT2D eigenvalue weighted by molar-refractivity contribution is -0.156. The maximum Gasteiger partial charge on any atom is 0.248 e. The number of nitrogens with one attached hydrogen (secondary N) is 1. The summed E-state index contributed by atoms with van der Waals surface area (Å²) in [7, 11) is 0. The normalized spacial score (nSPS) is 21.6. The molecule has 114 valence electrons.